The van der Waals surface area contributed by atoms with Crippen molar-refractivity contribution >= 4 is 11.2 Å². The van der Waals surface area contributed by atoms with Crippen LogP contribution in [0.1, 0.15) is 5.56 Å². The number of halogens is 2. The topological polar surface area (TPSA) is 39.9 Å². The molecule has 0 atom stereocenters. The van der Waals surface area contributed by atoms with E-state index in [9.17, 15) is 8.78 Å². The highest BCUT2D eigenvalue weighted by Crippen LogP contribution is 2.23. The molecule has 25 heavy (non-hydrogen) atoms. The molecule has 6 heteroatoms. The van der Waals surface area contributed by atoms with Crippen molar-refractivity contribution in [2.24, 2.45) is 0 Å². The fourth-order valence-corrected chi connectivity index (χ4v) is 2.58. The maximum atomic E-state index is 13.4. The smallest absolute Gasteiger partial charge is 0.221 e. The van der Waals surface area contributed by atoms with E-state index in [-0.39, 0.29) is 11.6 Å². The van der Waals surface area contributed by atoms with Crippen molar-refractivity contribution in [1.29, 1.82) is 0 Å². The van der Waals surface area contributed by atoms with E-state index in [4.69, 9.17) is 4.74 Å². The van der Waals surface area contributed by atoms with Gasteiger partial charge in [0.2, 0.25) is 5.88 Å². The summed E-state index contributed by atoms with van der Waals surface area (Å²) in [6.45, 7) is 0.435. The van der Waals surface area contributed by atoms with Crippen LogP contribution in [0.2, 0.25) is 0 Å². The largest absolute Gasteiger partial charge is 0.439 e. The highest BCUT2D eigenvalue weighted by atomic mass is 19.1. The minimum Gasteiger partial charge on any atom is -0.439 e. The van der Waals surface area contributed by atoms with Crippen molar-refractivity contribution in [3.63, 3.8) is 0 Å². The van der Waals surface area contributed by atoms with Crippen molar-refractivity contribution in [3.8, 4) is 11.6 Å². The van der Waals surface area contributed by atoms with Crippen LogP contribution in [-0.2, 0) is 6.54 Å². The molecule has 0 fully saturated rings. The molecule has 0 amide bonds. The number of rotatable bonds is 4. The van der Waals surface area contributed by atoms with Crippen LogP contribution in [0.3, 0.4) is 0 Å². The SMILES string of the molecule is Fc1cccc(Cn2cnc3ccc(Oc4cccc(F)c4)nc32)c1. The molecule has 0 bridgehead atoms. The quantitative estimate of drug-likeness (QED) is 0.548. The van der Waals surface area contributed by atoms with Crippen molar-refractivity contribution in [2.75, 3.05) is 0 Å². The van der Waals surface area contributed by atoms with E-state index in [1.807, 2.05) is 10.6 Å². The lowest BCUT2D eigenvalue weighted by molar-refractivity contribution is 0.459. The Morgan fingerprint density at radius 1 is 0.920 bits per heavy atom. The van der Waals surface area contributed by atoms with E-state index in [0.29, 0.717) is 29.3 Å². The van der Waals surface area contributed by atoms with Crippen LogP contribution < -0.4 is 4.74 Å². The van der Waals surface area contributed by atoms with E-state index in [1.54, 1.807) is 36.7 Å². The van der Waals surface area contributed by atoms with E-state index in [2.05, 4.69) is 9.97 Å². The summed E-state index contributed by atoms with van der Waals surface area (Å²) in [4.78, 5) is 8.73. The van der Waals surface area contributed by atoms with Crippen molar-refractivity contribution in [1.82, 2.24) is 14.5 Å². The Morgan fingerprint density at radius 3 is 2.52 bits per heavy atom. The van der Waals surface area contributed by atoms with E-state index < -0.39 is 0 Å². The molecule has 2 aromatic carbocycles. The summed E-state index contributed by atoms with van der Waals surface area (Å²) in [6, 6.07) is 15.7. The zero-order valence-electron chi connectivity index (χ0n) is 13.1. The van der Waals surface area contributed by atoms with Gasteiger partial charge < -0.3 is 9.30 Å². The Bertz CT molecular complexity index is 1050. The first kappa shape index (κ1) is 15.3. The average Bonchev–Trinajstić information content (AvgIpc) is 2.97. The van der Waals surface area contributed by atoms with E-state index in [0.717, 1.165) is 5.56 Å². The second-order valence-electron chi connectivity index (χ2n) is 5.55. The standard InChI is InChI=1S/C19H13F2N3O/c20-14-4-1-3-13(9-14)11-24-12-22-17-7-8-18(23-19(17)24)25-16-6-2-5-15(21)10-16/h1-10,12H,11H2. The van der Waals surface area contributed by atoms with Crippen LogP contribution in [0.25, 0.3) is 11.2 Å². The number of aromatic nitrogens is 3. The van der Waals surface area contributed by atoms with Gasteiger partial charge in [-0.3, -0.25) is 0 Å². The number of imidazole rings is 1. The minimum absolute atomic E-state index is 0.287. The van der Waals surface area contributed by atoms with Gasteiger partial charge in [0, 0.05) is 12.1 Å². The van der Waals surface area contributed by atoms with Crippen molar-refractivity contribution in [2.45, 2.75) is 6.54 Å². The number of hydrogen-bond acceptors (Lipinski definition) is 3. The maximum Gasteiger partial charge on any atom is 0.221 e. The molecule has 0 N–H and O–H groups in total. The normalized spacial score (nSPS) is 11.0. The number of benzene rings is 2. The first-order valence-corrected chi connectivity index (χ1v) is 7.67. The first-order chi connectivity index (χ1) is 12.2. The van der Waals surface area contributed by atoms with Gasteiger partial charge in [-0.25, -0.2) is 13.8 Å². The molecule has 0 aliphatic rings. The molecule has 4 nitrogen and oxygen atoms in total. The second kappa shape index (κ2) is 6.32. The summed E-state index contributed by atoms with van der Waals surface area (Å²) >= 11 is 0. The van der Waals surface area contributed by atoms with Gasteiger partial charge in [0.15, 0.2) is 5.65 Å². The third-order valence-electron chi connectivity index (χ3n) is 3.70. The van der Waals surface area contributed by atoms with Crippen LogP contribution in [0.5, 0.6) is 11.6 Å². The van der Waals surface area contributed by atoms with Crippen LogP contribution in [0.4, 0.5) is 8.78 Å². The third kappa shape index (κ3) is 3.33. The molecule has 2 heterocycles. The van der Waals surface area contributed by atoms with Gasteiger partial charge in [-0.05, 0) is 35.9 Å². The van der Waals surface area contributed by atoms with Gasteiger partial charge in [0.05, 0.1) is 12.9 Å². The molecular weight excluding hydrogens is 324 g/mol. The fraction of sp³-hybridized carbons (Fsp3) is 0.0526. The number of pyridine rings is 1. The molecule has 0 saturated heterocycles. The molecule has 4 aromatic rings. The molecule has 2 aromatic heterocycles. The summed E-state index contributed by atoms with van der Waals surface area (Å²) in [5.74, 6) is 0.0295. The minimum atomic E-state index is -0.380. The Hall–Kier alpha value is -3.28. The number of nitrogens with zero attached hydrogens (tertiary/aromatic N) is 3. The van der Waals surface area contributed by atoms with Crippen LogP contribution in [-0.4, -0.2) is 14.5 Å². The molecule has 0 saturated carbocycles. The predicted molar refractivity (Wildman–Crippen MR) is 89.5 cm³/mol. The first-order valence-electron chi connectivity index (χ1n) is 7.67. The summed E-state index contributed by atoms with van der Waals surface area (Å²) in [7, 11) is 0. The Labute approximate surface area is 142 Å². The van der Waals surface area contributed by atoms with Gasteiger partial charge in [-0.1, -0.05) is 18.2 Å². The number of hydrogen-bond donors (Lipinski definition) is 0. The molecule has 0 aliphatic heterocycles. The predicted octanol–water partition coefficient (Wildman–Crippen LogP) is 4.55. The second-order valence-corrected chi connectivity index (χ2v) is 5.55. The van der Waals surface area contributed by atoms with Crippen LogP contribution >= 0.6 is 0 Å². The molecule has 0 aliphatic carbocycles. The van der Waals surface area contributed by atoms with Crippen LogP contribution in [0, 0.1) is 11.6 Å². The molecular formula is C19H13F2N3O. The maximum absolute atomic E-state index is 13.4. The Kier molecular flexibility index (Phi) is 3.85. The lowest BCUT2D eigenvalue weighted by Gasteiger charge is -2.07. The van der Waals surface area contributed by atoms with E-state index >= 15 is 0 Å². The van der Waals surface area contributed by atoms with Crippen molar-refractivity contribution < 1.29 is 13.5 Å². The highest BCUT2D eigenvalue weighted by molar-refractivity contribution is 5.71. The lowest BCUT2D eigenvalue weighted by atomic mass is 10.2. The average molecular weight is 337 g/mol. The van der Waals surface area contributed by atoms with Gasteiger partial charge in [0.25, 0.3) is 0 Å². The molecule has 4 rings (SSSR count). The highest BCUT2D eigenvalue weighted by Gasteiger charge is 2.08. The van der Waals surface area contributed by atoms with Crippen LogP contribution in [0.15, 0.2) is 67.0 Å². The summed E-state index contributed by atoms with van der Waals surface area (Å²) in [5, 5.41) is 0. The summed E-state index contributed by atoms with van der Waals surface area (Å²) in [5.41, 5.74) is 2.11. The van der Waals surface area contributed by atoms with Gasteiger partial charge in [-0.2, -0.15) is 4.98 Å². The lowest BCUT2D eigenvalue weighted by Crippen LogP contribution is -2.00. The van der Waals surface area contributed by atoms with E-state index in [1.165, 1.54) is 24.3 Å². The number of fused-ring (bicyclic) bond motifs is 1. The third-order valence-corrected chi connectivity index (χ3v) is 3.70. The fourth-order valence-electron chi connectivity index (χ4n) is 2.58. The zero-order chi connectivity index (χ0) is 17.2. The molecule has 124 valence electrons. The molecule has 0 unspecified atom stereocenters. The number of ether oxygens (including phenoxy) is 1. The van der Waals surface area contributed by atoms with Gasteiger partial charge in [0.1, 0.15) is 22.9 Å². The monoisotopic (exact) mass is 337 g/mol. The Morgan fingerprint density at radius 2 is 1.72 bits per heavy atom. The zero-order valence-corrected chi connectivity index (χ0v) is 13.1. The summed E-state index contributed by atoms with van der Waals surface area (Å²) in [6.07, 6.45) is 1.65. The molecule has 0 spiro atoms. The van der Waals surface area contributed by atoms with Gasteiger partial charge in [-0.15, -0.1) is 0 Å². The van der Waals surface area contributed by atoms with Crippen molar-refractivity contribution in [3.05, 3.63) is 84.2 Å². The summed E-state index contributed by atoms with van der Waals surface area (Å²) < 4.78 is 34.0. The van der Waals surface area contributed by atoms with Gasteiger partial charge >= 0.3 is 0 Å². The molecule has 0 radical (unpaired) electrons. The Balaban J connectivity index is 1.65.